The first-order valence-electron chi connectivity index (χ1n) is 5.14. The van der Waals surface area contributed by atoms with Crippen molar-refractivity contribution >= 4 is 45.0 Å². The molecule has 1 aromatic carbocycles. The summed E-state index contributed by atoms with van der Waals surface area (Å²) in [5, 5.41) is 0.293. The first-order chi connectivity index (χ1) is 8.40. The molecule has 1 unspecified atom stereocenters. The molecule has 18 heavy (non-hydrogen) atoms. The molecule has 1 aliphatic rings. The van der Waals surface area contributed by atoms with Crippen LogP contribution in [0.3, 0.4) is 0 Å². The summed E-state index contributed by atoms with van der Waals surface area (Å²) >= 11 is 8.96. The van der Waals surface area contributed by atoms with E-state index >= 15 is 0 Å². The number of nitrogens with two attached hydrogens (primary N) is 1. The number of carbonyl (C=O) groups is 2. The average molecular weight is 336 g/mol. The quantitative estimate of drug-likeness (QED) is 0.841. The van der Waals surface area contributed by atoms with E-state index in [-0.39, 0.29) is 24.6 Å². The molecule has 1 saturated heterocycles. The Morgan fingerprint density at radius 3 is 2.78 bits per heavy atom. The second-order valence-corrected chi connectivity index (χ2v) is 5.29. The maximum Gasteiger partial charge on any atom is 0.227 e. The van der Waals surface area contributed by atoms with Crippen LogP contribution in [-0.2, 0) is 9.59 Å². The molecule has 1 heterocycles. The first kappa shape index (κ1) is 13.3. The molecular weight excluding hydrogens is 326 g/mol. The summed E-state index contributed by atoms with van der Waals surface area (Å²) < 4.78 is 14.2. The number of halogens is 3. The molecule has 1 fully saturated rings. The zero-order valence-electron chi connectivity index (χ0n) is 9.12. The Hall–Kier alpha value is -1.14. The van der Waals surface area contributed by atoms with Crippen LogP contribution in [0, 0.1) is 11.7 Å². The van der Waals surface area contributed by atoms with Gasteiger partial charge in [-0.15, -0.1) is 0 Å². The fraction of sp³-hybridized carbons (Fsp3) is 0.273. The number of benzene rings is 1. The molecule has 7 heteroatoms. The normalized spacial score (nSPS) is 19.4. The average Bonchev–Trinajstić information content (AvgIpc) is 2.66. The van der Waals surface area contributed by atoms with Gasteiger partial charge in [0, 0.05) is 17.4 Å². The summed E-state index contributed by atoms with van der Waals surface area (Å²) in [5.41, 5.74) is 5.21. The predicted molar refractivity (Wildman–Crippen MR) is 68.8 cm³/mol. The SMILES string of the molecule is NC(=O)C1CC(=O)N(c2cc(Cl)c(Br)cc2F)C1. The number of hydrogen-bond acceptors (Lipinski definition) is 2. The number of rotatable bonds is 2. The Bertz CT molecular complexity index is 538. The highest BCUT2D eigenvalue weighted by Gasteiger charge is 2.35. The van der Waals surface area contributed by atoms with Crippen LogP contribution < -0.4 is 10.6 Å². The van der Waals surface area contributed by atoms with Gasteiger partial charge in [0.25, 0.3) is 0 Å². The van der Waals surface area contributed by atoms with E-state index in [1.165, 1.54) is 17.0 Å². The van der Waals surface area contributed by atoms with Crippen LogP contribution in [0.15, 0.2) is 16.6 Å². The molecule has 0 saturated carbocycles. The smallest absolute Gasteiger partial charge is 0.227 e. The molecule has 2 amide bonds. The number of hydrogen-bond donors (Lipinski definition) is 1. The highest BCUT2D eigenvalue weighted by atomic mass is 79.9. The van der Waals surface area contributed by atoms with Gasteiger partial charge in [-0.3, -0.25) is 9.59 Å². The number of carbonyl (C=O) groups excluding carboxylic acids is 2. The van der Waals surface area contributed by atoms with Gasteiger partial charge >= 0.3 is 0 Å². The molecule has 1 atom stereocenters. The largest absolute Gasteiger partial charge is 0.369 e. The lowest BCUT2D eigenvalue weighted by Crippen LogP contribution is -2.29. The monoisotopic (exact) mass is 334 g/mol. The van der Waals surface area contributed by atoms with Gasteiger partial charge in [0.2, 0.25) is 11.8 Å². The van der Waals surface area contributed by atoms with Crippen molar-refractivity contribution in [1.29, 1.82) is 0 Å². The van der Waals surface area contributed by atoms with Gasteiger partial charge in [0.1, 0.15) is 5.82 Å². The molecule has 0 aromatic heterocycles. The van der Waals surface area contributed by atoms with Crippen LogP contribution in [0.1, 0.15) is 6.42 Å². The zero-order valence-corrected chi connectivity index (χ0v) is 11.5. The maximum atomic E-state index is 13.8. The third-order valence-corrected chi connectivity index (χ3v) is 4.01. The minimum atomic E-state index is -0.584. The van der Waals surface area contributed by atoms with Gasteiger partial charge in [-0.2, -0.15) is 0 Å². The van der Waals surface area contributed by atoms with E-state index in [4.69, 9.17) is 17.3 Å². The van der Waals surface area contributed by atoms with E-state index in [1.807, 2.05) is 0 Å². The Morgan fingerprint density at radius 1 is 1.56 bits per heavy atom. The Labute approximate surface area is 116 Å². The van der Waals surface area contributed by atoms with E-state index in [9.17, 15) is 14.0 Å². The molecule has 1 aromatic rings. The standard InChI is InChI=1S/C11H9BrClFN2O2/c12-6-2-8(14)9(3-7(6)13)16-4-5(11(15)18)1-10(16)17/h2-3,5H,1,4H2,(H2,15,18). The minimum absolute atomic E-state index is 0.00244. The third kappa shape index (κ3) is 2.35. The van der Waals surface area contributed by atoms with Crippen LogP contribution in [0.4, 0.5) is 10.1 Å². The van der Waals surface area contributed by atoms with Crippen LogP contribution >= 0.6 is 27.5 Å². The predicted octanol–water partition coefficient (Wildman–Crippen LogP) is 2.08. The summed E-state index contributed by atoms with van der Waals surface area (Å²) in [4.78, 5) is 24.0. The highest BCUT2D eigenvalue weighted by Crippen LogP contribution is 2.33. The number of nitrogens with zero attached hydrogens (tertiary/aromatic N) is 1. The van der Waals surface area contributed by atoms with E-state index in [0.29, 0.717) is 9.50 Å². The second kappa shape index (κ2) is 4.85. The molecule has 0 bridgehead atoms. The van der Waals surface area contributed by atoms with Crippen LogP contribution in [0.25, 0.3) is 0 Å². The van der Waals surface area contributed by atoms with E-state index in [0.717, 1.165) is 0 Å². The molecule has 2 rings (SSSR count). The van der Waals surface area contributed by atoms with Gasteiger partial charge in [-0.25, -0.2) is 4.39 Å². The Kier molecular flexibility index (Phi) is 3.59. The topological polar surface area (TPSA) is 63.4 Å². The summed E-state index contributed by atoms with van der Waals surface area (Å²) in [6.07, 6.45) is 0.00244. The van der Waals surface area contributed by atoms with Gasteiger partial charge < -0.3 is 10.6 Å². The van der Waals surface area contributed by atoms with Gasteiger partial charge in [0.05, 0.1) is 16.6 Å². The zero-order chi connectivity index (χ0) is 13.4. The van der Waals surface area contributed by atoms with Crippen LogP contribution in [-0.4, -0.2) is 18.4 Å². The number of amides is 2. The Balaban J connectivity index is 2.35. The molecule has 2 N–H and O–H groups in total. The van der Waals surface area contributed by atoms with Crippen LogP contribution in [0.2, 0.25) is 5.02 Å². The molecular formula is C11H9BrClFN2O2. The fourth-order valence-electron chi connectivity index (χ4n) is 1.85. The number of primary amides is 1. The molecule has 96 valence electrons. The van der Waals surface area contributed by atoms with E-state index in [2.05, 4.69) is 15.9 Å². The summed E-state index contributed by atoms with van der Waals surface area (Å²) in [7, 11) is 0. The summed E-state index contributed by atoms with van der Waals surface area (Å²) in [6, 6.07) is 2.53. The summed E-state index contributed by atoms with van der Waals surface area (Å²) in [5.74, 6) is -2.06. The first-order valence-corrected chi connectivity index (χ1v) is 6.31. The molecule has 4 nitrogen and oxygen atoms in total. The maximum absolute atomic E-state index is 13.8. The minimum Gasteiger partial charge on any atom is -0.369 e. The van der Waals surface area contributed by atoms with Crippen molar-refractivity contribution in [1.82, 2.24) is 0 Å². The van der Waals surface area contributed by atoms with E-state index < -0.39 is 17.6 Å². The highest BCUT2D eigenvalue weighted by molar-refractivity contribution is 9.10. The summed E-state index contributed by atoms with van der Waals surface area (Å²) in [6.45, 7) is 0.0864. The third-order valence-electron chi connectivity index (χ3n) is 2.81. The molecule has 0 aliphatic carbocycles. The van der Waals surface area contributed by atoms with Crippen molar-refractivity contribution in [2.75, 3.05) is 11.4 Å². The van der Waals surface area contributed by atoms with Crippen molar-refractivity contribution in [2.45, 2.75) is 6.42 Å². The lowest BCUT2D eigenvalue weighted by molar-refractivity contribution is -0.123. The van der Waals surface area contributed by atoms with Crippen molar-refractivity contribution in [3.8, 4) is 0 Å². The lowest BCUT2D eigenvalue weighted by atomic mass is 10.1. The van der Waals surface area contributed by atoms with Crippen molar-refractivity contribution in [3.05, 3.63) is 27.4 Å². The fourth-order valence-corrected chi connectivity index (χ4v) is 2.32. The van der Waals surface area contributed by atoms with E-state index in [1.54, 1.807) is 0 Å². The van der Waals surface area contributed by atoms with Gasteiger partial charge in [-0.05, 0) is 28.1 Å². The van der Waals surface area contributed by atoms with Gasteiger partial charge in [-0.1, -0.05) is 11.6 Å². The number of anilines is 1. The van der Waals surface area contributed by atoms with Crippen LogP contribution in [0.5, 0.6) is 0 Å². The Morgan fingerprint density at radius 2 is 2.22 bits per heavy atom. The van der Waals surface area contributed by atoms with Crippen molar-refractivity contribution in [3.63, 3.8) is 0 Å². The van der Waals surface area contributed by atoms with Crippen molar-refractivity contribution in [2.24, 2.45) is 11.7 Å². The van der Waals surface area contributed by atoms with Gasteiger partial charge in [0.15, 0.2) is 0 Å². The second-order valence-electron chi connectivity index (χ2n) is 4.03. The molecule has 0 radical (unpaired) electrons. The molecule has 1 aliphatic heterocycles. The lowest BCUT2D eigenvalue weighted by Gasteiger charge is -2.17. The molecule has 0 spiro atoms. The van der Waals surface area contributed by atoms with Crippen molar-refractivity contribution < 1.29 is 14.0 Å².